The summed E-state index contributed by atoms with van der Waals surface area (Å²) >= 11 is 0. The summed E-state index contributed by atoms with van der Waals surface area (Å²) in [5, 5.41) is 3.27. The average molecular weight is 213 g/mol. The van der Waals surface area contributed by atoms with Crippen LogP contribution < -0.4 is 5.32 Å². The van der Waals surface area contributed by atoms with Crippen LogP contribution in [0.2, 0.25) is 0 Å². The molecule has 1 N–H and O–H groups in total. The summed E-state index contributed by atoms with van der Waals surface area (Å²) in [5.74, 6) is -1.54. The zero-order valence-electron chi connectivity index (χ0n) is 9.19. The number of rotatable bonds is 5. The summed E-state index contributed by atoms with van der Waals surface area (Å²) in [7, 11) is 0. The SMILES string of the molecule is CC(C)NCCCc1ccc(F)c(F)c1. The molecule has 1 rings (SSSR count). The van der Waals surface area contributed by atoms with Gasteiger partial charge in [0.15, 0.2) is 11.6 Å². The number of halogens is 2. The molecule has 1 aromatic rings. The topological polar surface area (TPSA) is 12.0 Å². The van der Waals surface area contributed by atoms with E-state index in [1.165, 1.54) is 12.1 Å². The Bertz CT molecular complexity index is 310. The molecule has 0 radical (unpaired) electrons. The van der Waals surface area contributed by atoms with Crippen molar-refractivity contribution >= 4 is 0 Å². The minimum atomic E-state index is -0.779. The van der Waals surface area contributed by atoms with Gasteiger partial charge in [0.2, 0.25) is 0 Å². The van der Waals surface area contributed by atoms with Crippen LogP contribution in [0.5, 0.6) is 0 Å². The smallest absolute Gasteiger partial charge is 0.159 e. The highest BCUT2D eigenvalue weighted by atomic mass is 19.2. The van der Waals surface area contributed by atoms with Crippen LogP contribution in [0.4, 0.5) is 8.78 Å². The van der Waals surface area contributed by atoms with Crippen molar-refractivity contribution in [1.29, 1.82) is 0 Å². The van der Waals surface area contributed by atoms with E-state index in [2.05, 4.69) is 19.2 Å². The molecule has 1 aromatic carbocycles. The fourth-order valence-electron chi connectivity index (χ4n) is 1.38. The normalized spacial score (nSPS) is 11.0. The minimum Gasteiger partial charge on any atom is -0.315 e. The third kappa shape index (κ3) is 4.38. The fraction of sp³-hybridized carbons (Fsp3) is 0.500. The fourth-order valence-corrected chi connectivity index (χ4v) is 1.38. The van der Waals surface area contributed by atoms with Crippen molar-refractivity contribution in [1.82, 2.24) is 5.32 Å². The average Bonchev–Trinajstić information content (AvgIpc) is 2.18. The van der Waals surface area contributed by atoms with Gasteiger partial charge in [-0.05, 0) is 37.1 Å². The van der Waals surface area contributed by atoms with E-state index in [0.29, 0.717) is 6.04 Å². The molecule has 0 bridgehead atoms. The molecule has 0 atom stereocenters. The molecule has 0 saturated heterocycles. The lowest BCUT2D eigenvalue weighted by molar-refractivity contribution is 0.506. The van der Waals surface area contributed by atoms with Crippen LogP contribution in [0.1, 0.15) is 25.8 Å². The molecule has 0 fully saturated rings. The van der Waals surface area contributed by atoms with Crippen molar-refractivity contribution < 1.29 is 8.78 Å². The second kappa shape index (κ2) is 5.81. The standard InChI is InChI=1S/C12H17F2N/c1-9(2)15-7-3-4-10-5-6-11(13)12(14)8-10/h5-6,8-9,15H,3-4,7H2,1-2H3. The minimum absolute atomic E-state index is 0.468. The summed E-state index contributed by atoms with van der Waals surface area (Å²) in [4.78, 5) is 0. The van der Waals surface area contributed by atoms with Crippen molar-refractivity contribution in [3.05, 3.63) is 35.4 Å². The van der Waals surface area contributed by atoms with Crippen molar-refractivity contribution in [2.75, 3.05) is 6.54 Å². The first-order valence-corrected chi connectivity index (χ1v) is 5.27. The van der Waals surface area contributed by atoms with Crippen LogP contribution in [0.3, 0.4) is 0 Å². The predicted molar refractivity (Wildman–Crippen MR) is 57.8 cm³/mol. The second-order valence-corrected chi connectivity index (χ2v) is 3.96. The molecule has 15 heavy (non-hydrogen) atoms. The lowest BCUT2D eigenvalue weighted by Crippen LogP contribution is -2.23. The molecular formula is C12H17F2N. The first-order chi connectivity index (χ1) is 7.09. The monoisotopic (exact) mass is 213 g/mol. The van der Waals surface area contributed by atoms with E-state index in [4.69, 9.17) is 0 Å². The van der Waals surface area contributed by atoms with Gasteiger partial charge in [0.05, 0.1) is 0 Å². The molecule has 0 unspecified atom stereocenters. The van der Waals surface area contributed by atoms with Gasteiger partial charge in [-0.2, -0.15) is 0 Å². The number of hydrogen-bond donors (Lipinski definition) is 1. The molecule has 0 aliphatic heterocycles. The summed E-state index contributed by atoms with van der Waals surface area (Å²) in [6.45, 7) is 5.06. The van der Waals surface area contributed by atoms with Crippen molar-refractivity contribution in [2.24, 2.45) is 0 Å². The molecular weight excluding hydrogens is 196 g/mol. The molecule has 3 heteroatoms. The molecule has 0 aliphatic carbocycles. The van der Waals surface area contributed by atoms with Gasteiger partial charge >= 0.3 is 0 Å². The molecule has 0 aromatic heterocycles. The van der Waals surface area contributed by atoms with E-state index in [9.17, 15) is 8.78 Å². The van der Waals surface area contributed by atoms with E-state index in [1.54, 1.807) is 6.07 Å². The first-order valence-electron chi connectivity index (χ1n) is 5.27. The molecule has 1 nitrogen and oxygen atoms in total. The Morgan fingerprint density at radius 2 is 1.93 bits per heavy atom. The van der Waals surface area contributed by atoms with Crippen LogP contribution in [0.25, 0.3) is 0 Å². The van der Waals surface area contributed by atoms with Gasteiger partial charge in [-0.3, -0.25) is 0 Å². The number of hydrogen-bond acceptors (Lipinski definition) is 1. The molecule has 0 amide bonds. The summed E-state index contributed by atoms with van der Waals surface area (Å²) in [5.41, 5.74) is 0.847. The van der Waals surface area contributed by atoms with Crippen molar-refractivity contribution in [2.45, 2.75) is 32.7 Å². The molecule has 0 aliphatic rings. The van der Waals surface area contributed by atoms with Gasteiger partial charge in [-0.15, -0.1) is 0 Å². The summed E-state index contributed by atoms with van der Waals surface area (Å²) in [6, 6.07) is 4.55. The molecule has 84 valence electrons. The highest BCUT2D eigenvalue weighted by Crippen LogP contribution is 2.10. The Morgan fingerprint density at radius 3 is 2.53 bits per heavy atom. The van der Waals surface area contributed by atoms with E-state index < -0.39 is 11.6 Å². The Kier molecular flexibility index (Phi) is 4.69. The zero-order valence-corrected chi connectivity index (χ0v) is 9.19. The summed E-state index contributed by atoms with van der Waals surface area (Å²) < 4.78 is 25.4. The van der Waals surface area contributed by atoms with Crippen molar-refractivity contribution in [3.8, 4) is 0 Å². The van der Waals surface area contributed by atoms with Gasteiger partial charge in [0.25, 0.3) is 0 Å². The van der Waals surface area contributed by atoms with Gasteiger partial charge in [-0.25, -0.2) is 8.78 Å². The maximum absolute atomic E-state index is 12.8. The Balaban J connectivity index is 2.35. The van der Waals surface area contributed by atoms with Crippen LogP contribution in [0, 0.1) is 11.6 Å². The van der Waals surface area contributed by atoms with Crippen LogP contribution in [0.15, 0.2) is 18.2 Å². The lowest BCUT2D eigenvalue weighted by atomic mass is 10.1. The molecule has 0 spiro atoms. The van der Waals surface area contributed by atoms with Crippen molar-refractivity contribution in [3.63, 3.8) is 0 Å². The Morgan fingerprint density at radius 1 is 1.20 bits per heavy atom. The zero-order chi connectivity index (χ0) is 11.3. The van der Waals surface area contributed by atoms with E-state index in [0.717, 1.165) is 24.9 Å². The quantitative estimate of drug-likeness (QED) is 0.741. The van der Waals surface area contributed by atoms with E-state index >= 15 is 0 Å². The van der Waals surface area contributed by atoms with Crippen LogP contribution in [-0.2, 0) is 6.42 Å². The summed E-state index contributed by atoms with van der Waals surface area (Å²) in [6.07, 6.45) is 1.71. The highest BCUT2D eigenvalue weighted by Gasteiger charge is 2.02. The number of aryl methyl sites for hydroxylation is 1. The van der Waals surface area contributed by atoms with E-state index in [1.807, 2.05) is 0 Å². The second-order valence-electron chi connectivity index (χ2n) is 3.96. The Labute approximate surface area is 89.5 Å². The third-order valence-electron chi connectivity index (χ3n) is 2.18. The predicted octanol–water partition coefficient (Wildman–Crippen LogP) is 2.90. The molecule has 0 saturated carbocycles. The first kappa shape index (κ1) is 12.1. The number of benzene rings is 1. The van der Waals surface area contributed by atoms with Gasteiger partial charge in [0.1, 0.15) is 0 Å². The van der Waals surface area contributed by atoms with Crippen LogP contribution >= 0.6 is 0 Å². The maximum atomic E-state index is 12.8. The highest BCUT2D eigenvalue weighted by molar-refractivity contribution is 5.17. The van der Waals surface area contributed by atoms with Gasteiger partial charge in [0, 0.05) is 6.04 Å². The Hall–Kier alpha value is -0.960. The largest absolute Gasteiger partial charge is 0.315 e. The third-order valence-corrected chi connectivity index (χ3v) is 2.18. The number of nitrogens with one attached hydrogen (secondary N) is 1. The lowest BCUT2D eigenvalue weighted by Gasteiger charge is -2.07. The van der Waals surface area contributed by atoms with Gasteiger partial charge in [-0.1, -0.05) is 19.9 Å². The van der Waals surface area contributed by atoms with E-state index in [-0.39, 0.29) is 0 Å². The maximum Gasteiger partial charge on any atom is 0.159 e. The van der Waals surface area contributed by atoms with Crippen LogP contribution in [-0.4, -0.2) is 12.6 Å². The molecule has 0 heterocycles. The van der Waals surface area contributed by atoms with Gasteiger partial charge < -0.3 is 5.32 Å².